The van der Waals surface area contributed by atoms with Crippen LogP contribution in [0.5, 0.6) is 0 Å². The molecule has 0 saturated carbocycles. The maximum Gasteiger partial charge on any atom is 0.206 e. The first-order valence-corrected chi connectivity index (χ1v) is 50.9. The second-order valence-electron chi connectivity index (χ2n) is 35.0. The lowest BCUT2D eigenvalue weighted by atomic mass is 10.0. The van der Waals surface area contributed by atoms with Crippen molar-refractivity contribution in [2.45, 2.75) is 29.4 Å². The third-order valence-electron chi connectivity index (χ3n) is 27.0. The lowest BCUT2D eigenvalue weighted by molar-refractivity contribution is 0.594. The number of fused-ring (bicyclic) bond motifs is 15. The molecule has 0 aliphatic carbocycles. The van der Waals surface area contributed by atoms with E-state index in [4.69, 9.17) is 0 Å². The first-order chi connectivity index (χ1) is 68.7. The Morgan fingerprint density at radius 2 is 0.257 bits per heavy atom. The normalized spacial score (nSPS) is 11.9. The van der Waals surface area contributed by atoms with Gasteiger partial charge in [-0.3, -0.25) is 0 Å². The van der Waals surface area contributed by atoms with Gasteiger partial charge in [-0.1, -0.05) is 322 Å². The number of hydrogen-bond acceptors (Lipinski definition) is 6. The minimum atomic E-state index is -3.73. The molecule has 5 heterocycles. The van der Waals surface area contributed by atoms with Crippen LogP contribution in [0.25, 0.3) is 193 Å². The van der Waals surface area contributed by atoms with Crippen molar-refractivity contribution < 1.29 is 25.3 Å². The van der Waals surface area contributed by atoms with Crippen LogP contribution in [0, 0.1) is 0 Å². The summed E-state index contributed by atoms with van der Waals surface area (Å²) in [5.74, 6) is 0. The molecule has 0 N–H and O–H groups in total. The van der Waals surface area contributed by atoms with Crippen molar-refractivity contribution in [3.8, 4) is 84.1 Å². The van der Waals surface area contributed by atoms with Gasteiger partial charge in [0.15, 0.2) is 0 Å². The molecule has 0 aliphatic heterocycles. The average molecular weight is 1860 g/mol. The van der Waals surface area contributed by atoms with Crippen molar-refractivity contribution in [1.82, 2.24) is 22.8 Å². The third kappa shape index (κ3) is 15.2. The minimum Gasteiger partial charge on any atom is -0.309 e. The summed E-state index contributed by atoms with van der Waals surface area (Å²) in [6.07, 6.45) is 0. The first kappa shape index (κ1) is 85.4. The van der Waals surface area contributed by atoms with Crippen molar-refractivity contribution >= 4 is 139 Å². The van der Waals surface area contributed by atoms with Crippen LogP contribution in [0.2, 0.25) is 0 Å². The molecule has 5 aromatic heterocycles. The highest BCUT2D eigenvalue weighted by Gasteiger charge is 2.25. The van der Waals surface area contributed by atoms with E-state index in [1.54, 1.807) is 84.9 Å². The van der Waals surface area contributed by atoms with Gasteiger partial charge in [0.1, 0.15) is 0 Å². The smallest absolute Gasteiger partial charge is 0.206 e. The van der Waals surface area contributed by atoms with E-state index in [0.717, 1.165) is 139 Å². The lowest BCUT2D eigenvalue weighted by Crippen LogP contribution is -2.01. The van der Waals surface area contributed by atoms with Gasteiger partial charge >= 0.3 is 0 Å². The molecular formula is C126H85N5O6S3. The van der Waals surface area contributed by atoms with Gasteiger partial charge < -0.3 is 22.8 Å². The number of benzene rings is 21. The Morgan fingerprint density at radius 3 is 0.471 bits per heavy atom. The summed E-state index contributed by atoms with van der Waals surface area (Å²) in [5.41, 5.74) is 26.8. The van der Waals surface area contributed by atoms with Gasteiger partial charge in [-0.05, 0) is 250 Å². The fraction of sp³-hybridized carbons (Fsp3) is 0. The molecule has 11 nitrogen and oxygen atoms in total. The molecule has 0 atom stereocenters. The molecule has 668 valence electrons. The zero-order chi connectivity index (χ0) is 94.2. The minimum absolute atomic E-state index is 0.266. The van der Waals surface area contributed by atoms with Crippen molar-refractivity contribution in [1.29, 1.82) is 0 Å². The summed E-state index contributed by atoms with van der Waals surface area (Å²) in [7, 11) is -11.0. The van der Waals surface area contributed by atoms with E-state index < -0.39 is 29.5 Å². The largest absolute Gasteiger partial charge is 0.309 e. The van der Waals surface area contributed by atoms with E-state index in [1.165, 1.54) is 53.9 Å². The van der Waals surface area contributed by atoms with Crippen LogP contribution in [-0.2, 0) is 29.5 Å². The maximum absolute atomic E-state index is 13.9. The monoisotopic (exact) mass is 1860 g/mol. The Balaban J connectivity index is 0.000000117. The number of nitrogens with zero attached hydrogens (tertiary/aromatic N) is 5. The molecule has 0 saturated heterocycles. The summed E-state index contributed by atoms with van der Waals surface area (Å²) >= 11 is 0. The zero-order valence-electron chi connectivity index (χ0n) is 75.5. The summed E-state index contributed by atoms with van der Waals surface area (Å²) in [4.78, 5) is 1.67. The van der Waals surface area contributed by atoms with E-state index in [-0.39, 0.29) is 19.6 Å². The fourth-order valence-corrected chi connectivity index (χ4v) is 24.0. The highest BCUT2D eigenvalue weighted by molar-refractivity contribution is 7.92. The van der Waals surface area contributed by atoms with Crippen LogP contribution >= 0.6 is 0 Å². The summed E-state index contributed by atoms with van der Waals surface area (Å²) in [6, 6.07) is 171. The molecule has 26 rings (SSSR count). The molecule has 0 bridgehead atoms. The Morgan fingerprint density at radius 1 is 0.114 bits per heavy atom. The Hall–Kier alpha value is -17.5. The van der Waals surface area contributed by atoms with Crippen LogP contribution in [0.3, 0.4) is 0 Å². The van der Waals surface area contributed by atoms with Gasteiger partial charge in [-0.2, -0.15) is 0 Å². The number of rotatable bonds is 16. The van der Waals surface area contributed by atoms with Gasteiger partial charge in [0.05, 0.1) is 84.5 Å². The van der Waals surface area contributed by atoms with Crippen LogP contribution in [0.1, 0.15) is 0 Å². The molecule has 0 spiro atoms. The molecule has 140 heavy (non-hydrogen) atoms. The predicted molar refractivity (Wildman–Crippen MR) is 574 cm³/mol. The van der Waals surface area contributed by atoms with Crippen LogP contribution in [0.4, 0.5) is 0 Å². The standard InChI is InChI=1S/2C48H32N2O2S.C30H21NO2S/c51-53(52,39-29-21-35(22-30-39)33-17-25-37(26-18-33)49-45-13-5-1-9-41(45)42-10-2-6-14-46(42)49)40-31-23-36(24-32-40)34-19-27-38(28-20-34)50-47-15-7-3-11-43(47)44-12-4-8-16-48(44)50;51-53(52,39-25-19-33(20-26-39)35-23-29-43-41-15-7-9-17-45(41)49(47(43)31-35)37-11-3-1-4-12-37)40-27-21-34(22-28-40)36-24-30-44-42-16-8-10-18-46(42)50(48(44)32-36)38-13-5-2-6-14-38;32-34(33,25-11-5-2-6-12-25)26-18-15-22(16-19-26)23-17-20-28-27-13-7-8-14-29(27)31(30(28)21-23)24-9-3-1-4-10-24/h2*1-32H;1-21H. The topological polar surface area (TPSA) is 127 Å². The molecule has 0 unspecified atom stereocenters. The number of para-hydroxylation sites is 10. The third-order valence-corrected chi connectivity index (χ3v) is 32.4. The highest BCUT2D eigenvalue weighted by Crippen LogP contribution is 2.43. The van der Waals surface area contributed by atoms with Crippen LogP contribution in [0.15, 0.2) is 545 Å². The number of aromatic nitrogens is 5. The van der Waals surface area contributed by atoms with Gasteiger partial charge in [0.25, 0.3) is 0 Å². The second-order valence-corrected chi connectivity index (χ2v) is 40.9. The van der Waals surface area contributed by atoms with E-state index in [1.807, 2.05) is 97.1 Å². The van der Waals surface area contributed by atoms with E-state index in [2.05, 4.69) is 356 Å². The molecule has 0 fully saturated rings. The number of sulfone groups is 3. The van der Waals surface area contributed by atoms with Crippen molar-refractivity contribution in [3.63, 3.8) is 0 Å². The van der Waals surface area contributed by atoms with Crippen LogP contribution < -0.4 is 0 Å². The second kappa shape index (κ2) is 35.3. The summed E-state index contributed by atoms with van der Waals surface area (Å²) in [5, 5.41) is 12.0. The van der Waals surface area contributed by atoms with Crippen molar-refractivity contribution in [2.24, 2.45) is 0 Å². The SMILES string of the molecule is O=S(=O)(c1ccc(-c2ccc(-n3c4ccccc4c4ccccc43)cc2)cc1)c1ccc(-c2ccc(-n3c4ccccc4c4ccccc43)cc2)cc1.O=S(=O)(c1ccc(-c2ccc3c4ccccc4n(-c4ccccc4)c3c2)cc1)c1ccc(-c2ccc3c4ccccc4n(-c4ccccc4)c3c2)cc1.O=S(=O)(c1ccccc1)c1ccc(-c2ccc3c4ccccc4n(-c4ccccc4)c3c2)cc1. The van der Waals surface area contributed by atoms with Gasteiger partial charge in [0.2, 0.25) is 29.5 Å². The predicted octanol–water partition coefficient (Wildman–Crippen LogP) is 31.4. The van der Waals surface area contributed by atoms with Gasteiger partial charge in [0, 0.05) is 82.3 Å². The van der Waals surface area contributed by atoms with Crippen molar-refractivity contribution in [2.75, 3.05) is 0 Å². The Kier molecular flexibility index (Phi) is 21.5. The van der Waals surface area contributed by atoms with Gasteiger partial charge in [-0.15, -0.1) is 0 Å². The quantitative estimate of drug-likeness (QED) is 0.0948. The molecule has 21 aromatic carbocycles. The molecule has 26 aromatic rings. The fourth-order valence-electron chi connectivity index (χ4n) is 20.2. The van der Waals surface area contributed by atoms with Gasteiger partial charge in [-0.25, -0.2) is 25.3 Å². The molecule has 0 radical (unpaired) electrons. The lowest BCUT2D eigenvalue weighted by Gasteiger charge is -2.11. The number of hydrogen-bond donors (Lipinski definition) is 0. The van der Waals surface area contributed by atoms with Crippen LogP contribution in [-0.4, -0.2) is 48.1 Å². The first-order valence-electron chi connectivity index (χ1n) is 46.5. The summed E-state index contributed by atoms with van der Waals surface area (Å²) in [6.45, 7) is 0. The zero-order valence-corrected chi connectivity index (χ0v) is 77.9. The van der Waals surface area contributed by atoms with E-state index in [0.29, 0.717) is 9.79 Å². The maximum atomic E-state index is 13.9. The summed E-state index contributed by atoms with van der Waals surface area (Å²) < 4.78 is 92.5. The van der Waals surface area contributed by atoms with E-state index in [9.17, 15) is 25.3 Å². The molecule has 0 amide bonds. The van der Waals surface area contributed by atoms with Crippen molar-refractivity contribution in [3.05, 3.63) is 516 Å². The molecule has 14 heteroatoms. The average Bonchev–Trinajstić information content (AvgIpc) is 1.61. The Bertz CT molecular complexity index is 9130. The molecule has 0 aliphatic rings. The molecular weight excluding hydrogens is 1780 g/mol. The van der Waals surface area contributed by atoms with E-state index >= 15 is 0 Å². The Labute approximate surface area is 809 Å². The highest BCUT2D eigenvalue weighted by atomic mass is 32.2.